The van der Waals surface area contributed by atoms with Crippen molar-refractivity contribution >= 4 is 33.0 Å². The minimum atomic E-state index is -3.96. The van der Waals surface area contributed by atoms with Crippen LogP contribution in [0.5, 0.6) is 5.75 Å². The summed E-state index contributed by atoms with van der Waals surface area (Å²) in [7, 11) is -2.46. The van der Waals surface area contributed by atoms with Gasteiger partial charge in [-0.25, -0.2) is 8.42 Å². The molecule has 0 aromatic heterocycles. The lowest BCUT2D eigenvalue weighted by Gasteiger charge is -2.30. The molecule has 1 atom stereocenters. The number of hydrogen-bond donors (Lipinski definition) is 2. The summed E-state index contributed by atoms with van der Waals surface area (Å²) in [6.45, 7) is 2.14. The van der Waals surface area contributed by atoms with E-state index in [0.717, 1.165) is 38.8 Å². The van der Waals surface area contributed by atoms with Crippen LogP contribution in [0.1, 0.15) is 32.1 Å². The second-order valence-corrected chi connectivity index (χ2v) is 9.68. The van der Waals surface area contributed by atoms with E-state index >= 15 is 0 Å². The molecule has 1 amide bonds. The molecule has 2 aromatic rings. The van der Waals surface area contributed by atoms with Crippen LogP contribution in [-0.2, 0) is 19.6 Å². The summed E-state index contributed by atoms with van der Waals surface area (Å²) in [5.74, 6) is 0.174. The van der Waals surface area contributed by atoms with Crippen LogP contribution in [0.3, 0.4) is 0 Å². The minimum Gasteiger partial charge on any atom is -0.495 e. The average Bonchev–Trinajstić information content (AvgIpc) is 3.35. The Balaban J connectivity index is 1.68. The molecule has 9 heteroatoms. The number of hydrogen-bond acceptors (Lipinski definition) is 6. The van der Waals surface area contributed by atoms with Crippen molar-refractivity contribution in [3.8, 4) is 5.75 Å². The molecule has 0 unspecified atom stereocenters. The lowest BCUT2D eigenvalue weighted by Crippen LogP contribution is -2.31. The first-order chi connectivity index (χ1) is 15.5. The monoisotopic (exact) mass is 459 g/mol. The standard InChI is InChI=1S/C23H29N3O5S/c1-30-20-9-4-3-8-18(20)25-32(28,29)22-16-17(24-23(27)21-10-7-15-31-21)11-12-19(22)26-13-5-2-6-14-26/h3-4,8-9,11-12,16,21,25H,2,5-7,10,13-15H2,1H3,(H,24,27)/t21-/m1/s1. The summed E-state index contributed by atoms with van der Waals surface area (Å²) < 4.78 is 40.4. The molecule has 2 fully saturated rings. The highest BCUT2D eigenvalue weighted by atomic mass is 32.2. The van der Waals surface area contributed by atoms with E-state index in [2.05, 4.69) is 14.9 Å². The van der Waals surface area contributed by atoms with Gasteiger partial charge in [0.05, 0.1) is 18.5 Å². The molecule has 0 spiro atoms. The van der Waals surface area contributed by atoms with Crippen LogP contribution in [-0.4, -0.2) is 47.2 Å². The minimum absolute atomic E-state index is 0.121. The van der Waals surface area contributed by atoms with Crippen LogP contribution in [0.25, 0.3) is 0 Å². The second kappa shape index (κ2) is 9.79. The van der Waals surface area contributed by atoms with Crippen LogP contribution < -0.4 is 19.7 Å². The molecule has 0 bridgehead atoms. The van der Waals surface area contributed by atoms with E-state index in [9.17, 15) is 13.2 Å². The van der Waals surface area contributed by atoms with Gasteiger partial charge >= 0.3 is 0 Å². The van der Waals surface area contributed by atoms with Gasteiger partial charge < -0.3 is 19.7 Å². The van der Waals surface area contributed by atoms with E-state index in [4.69, 9.17) is 9.47 Å². The van der Waals surface area contributed by atoms with E-state index in [-0.39, 0.29) is 10.8 Å². The quantitative estimate of drug-likeness (QED) is 0.657. The Hall–Kier alpha value is -2.78. The van der Waals surface area contributed by atoms with Gasteiger partial charge in [-0.15, -0.1) is 0 Å². The number of sulfonamides is 1. The number of anilines is 3. The Morgan fingerprint density at radius 3 is 2.59 bits per heavy atom. The number of rotatable bonds is 7. The summed E-state index contributed by atoms with van der Waals surface area (Å²) >= 11 is 0. The first-order valence-electron chi connectivity index (χ1n) is 11.0. The normalized spacial score (nSPS) is 18.9. The van der Waals surface area contributed by atoms with Crippen LogP contribution in [0, 0.1) is 0 Å². The molecule has 2 saturated heterocycles. The SMILES string of the molecule is COc1ccccc1NS(=O)(=O)c1cc(NC(=O)[C@H]2CCCO2)ccc1N1CCCCC1. The molecule has 0 radical (unpaired) electrons. The van der Waals surface area contributed by atoms with E-state index in [0.29, 0.717) is 35.8 Å². The number of nitrogens with zero attached hydrogens (tertiary/aromatic N) is 1. The summed E-state index contributed by atoms with van der Waals surface area (Å²) in [5.41, 5.74) is 1.40. The van der Waals surface area contributed by atoms with Gasteiger partial charge in [0.25, 0.3) is 15.9 Å². The van der Waals surface area contributed by atoms with Gasteiger partial charge in [0.1, 0.15) is 16.7 Å². The van der Waals surface area contributed by atoms with E-state index in [1.54, 1.807) is 36.4 Å². The van der Waals surface area contributed by atoms with E-state index in [1.165, 1.54) is 13.2 Å². The van der Waals surface area contributed by atoms with Crippen LogP contribution in [0.2, 0.25) is 0 Å². The number of nitrogens with one attached hydrogen (secondary N) is 2. The highest BCUT2D eigenvalue weighted by Crippen LogP contribution is 2.34. The number of methoxy groups -OCH3 is 1. The molecule has 0 aliphatic carbocycles. The number of benzene rings is 2. The Labute approximate surface area is 189 Å². The Morgan fingerprint density at radius 1 is 1.09 bits per heavy atom. The van der Waals surface area contributed by atoms with Crippen molar-refractivity contribution in [1.82, 2.24) is 0 Å². The zero-order valence-corrected chi connectivity index (χ0v) is 19.0. The molecule has 32 heavy (non-hydrogen) atoms. The fourth-order valence-electron chi connectivity index (χ4n) is 4.14. The molecule has 0 saturated carbocycles. The van der Waals surface area contributed by atoms with E-state index < -0.39 is 16.1 Å². The number of amides is 1. The zero-order valence-electron chi connectivity index (χ0n) is 18.2. The average molecular weight is 460 g/mol. The number of piperidine rings is 1. The van der Waals surface area contributed by atoms with Crippen molar-refractivity contribution < 1.29 is 22.7 Å². The number of ether oxygens (including phenoxy) is 2. The third-order valence-electron chi connectivity index (χ3n) is 5.79. The summed E-state index contributed by atoms with van der Waals surface area (Å²) in [5, 5.41) is 2.81. The van der Waals surface area contributed by atoms with Gasteiger partial charge in [0, 0.05) is 25.4 Å². The molecule has 4 rings (SSSR count). The zero-order chi connectivity index (χ0) is 22.6. The van der Waals surface area contributed by atoms with E-state index in [1.807, 2.05) is 0 Å². The maximum atomic E-state index is 13.5. The van der Waals surface area contributed by atoms with Crippen LogP contribution >= 0.6 is 0 Å². The summed E-state index contributed by atoms with van der Waals surface area (Å²) in [4.78, 5) is 14.7. The molecular formula is C23H29N3O5S. The van der Waals surface area contributed by atoms with Gasteiger partial charge in [-0.1, -0.05) is 12.1 Å². The maximum Gasteiger partial charge on any atom is 0.264 e. The van der Waals surface area contributed by atoms with Crippen molar-refractivity contribution in [2.75, 3.05) is 41.7 Å². The van der Waals surface area contributed by atoms with Crippen LogP contribution in [0.4, 0.5) is 17.1 Å². The molecule has 172 valence electrons. The Bertz CT molecular complexity index is 1060. The van der Waals surface area contributed by atoms with Gasteiger partial charge in [-0.3, -0.25) is 9.52 Å². The fraction of sp³-hybridized carbons (Fsp3) is 0.435. The van der Waals surface area contributed by atoms with Gasteiger partial charge in [-0.2, -0.15) is 0 Å². The van der Waals surface area contributed by atoms with Crippen molar-refractivity contribution in [2.24, 2.45) is 0 Å². The molecule has 2 aromatic carbocycles. The topological polar surface area (TPSA) is 97.0 Å². The largest absolute Gasteiger partial charge is 0.495 e. The predicted molar refractivity (Wildman–Crippen MR) is 124 cm³/mol. The number of carbonyl (C=O) groups is 1. The third kappa shape index (κ3) is 4.99. The van der Waals surface area contributed by atoms with Gasteiger partial charge in [0.15, 0.2) is 0 Å². The van der Waals surface area contributed by atoms with Crippen molar-refractivity contribution in [1.29, 1.82) is 0 Å². The molecular weight excluding hydrogens is 430 g/mol. The molecule has 2 aliphatic rings. The highest BCUT2D eigenvalue weighted by molar-refractivity contribution is 7.93. The predicted octanol–water partition coefficient (Wildman–Crippen LogP) is 3.60. The highest BCUT2D eigenvalue weighted by Gasteiger charge is 2.27. The Morgan fingerprint density at radius 2 is 1.88 bits per heavy atom. The summed E-state index contributed by atoms with van der Waals surface area (Å²) in [6, 6.07) is 11.9. The van der Waals surface area contributed by atoms with Crippen molar-refractivity contribution in [2.45, 2.75) is 43.1 Å². The van der Waals surface area contributed by atoms with Crippen molar-refractivity contribution in [3.63, 3.8) is 0 Å². The maximum absolute atomic E-state index is 13.5. The first kappa shape index (κ1) is 22.4. The van der Waals surface area contributed by atoms with Gasteiger partial charge in [0.2, 0.25) is 0 Å². The van der Waals surface area contributed by atoms with Gasteiger partial charge in [-0.05, 0) is 62.4 Å². The molecule has 8 nitrogen and oxygen atoms in total. The number of carbonyl (C=O) groups excluding carboxylic acids is 1. The number of para-hydroxylation sites is 2. The second-order valence-electron chi connectivity index (χ2n) is 8.03. The summed E-state index contributed by atoms with van der Waals surface area (Å²) in [6.07, 6.45) is 4.16. The first-order valence-corrected chi connectivity index (χ1v) is 12.4. The van der Waals surface area contributed by atoms with Crippen molar-refractivity contribution in [3.05, 3.63) is 42.5 Å². The third-order valence-corrected chi connectivity index (χ3v) is 7.18. The smallest absolute Gasteiger partial charge is 0.264 e. The fourth-order valence-corrected chi connectivity index (χ4v) is 5.46. The molecule has 2 heterocycles. The lowest BCUT2D eigenvalue weighted by atomic mass is 10.1. The molecule has 2 aliphatic heterocycles. The van der Waals surface area contributed by atoms with Crippen LogP contribution in [0.15, 0.2) is 47.4 Å². The Kier molecular flexibility index (Phi) is 6.86. The molecule has 2 N–H and O–H groups in total. The lowest BCUT2D eigenvalue weighted by molar-refractivity contribution is -0.124.